The lowest BCUT2D eigenvalue weighted by Crippen LogP contribution is -2.29. The first-order valence-corrected chi connectivity index (χ1v) is 12.5. The molecule has 7 nitrogen and oxygen atoms in total. The maximum absolute atomic E-state index is 13.1. The Kier molecular flexibility index (Phi) is 7.57. The van der Waals surface area contributed by atoms with Crippen molar-refractivity contribution >= 4 is 23.7 Å². The van der Waals surface area contributed by atoms with E-state index in [1.807, 2.05) is 50.2 Å². The van der Waals surface area contributed by atoms with Gasteiger partial charge in [0, 0.05) is 5.70 Å². The maximum Gasteiger partial charge on any atom is 0.338 e. The van der Waals surface area contributed by atoms with E-state index >= 15 is 0 Å². The first kappa shape index (κ1) is 23.9. The third-order valence-corrected chi connectivity index (χ3v) is 6.31. The molecular formula is C26H30N4O3S. The zero-order chi connectivity index (χ0) is 24.1. The Labute approximate surface area is 204 Å². The number of carbonyl (C=O) groups is 1. The molecule has 0 aliphatic carbocycles. The molecule has 0 saturated heterocycles. The predicted molar refractivity (Wildman–Crippen MR) is 134 cm³/mol. The highest BCUT2D eigenvalue weighted by atomic mass is 32.2. The van der Waals surface area contributed by atoms with E-state index in [1.165, 1.54) is 5.56 Å². The number of carbonyl (C=O) groups excluding carboxylic acids is 1. The summed E-state index contributed by atoms with van der Waals surface area (Å²) in [5.74, 6) is 1.84. The van der Waals surface area contributed by atoms with Gasteiger partial charge in [-0.15, -0.1) is 5.10 Å². The maximum atomic E-state index is 13.1. The van der Waals surface area contributed by atoms with Crippen LogP contribution < -0.4 is 10.1 Å². The van der Waals surface area contributed by atoms with Gasteiger partial charge in [0.15, 0.2) is 0 Å². The lowest BCUT2D eigenvalue weighted by molar-refractivity contribution is -0.139. The molecule has 1 N–H and O–H groups in total. The minimum Gasteiger partial charge on any atom is -0.489 e. The zero-order valence-corrected chi connectivity index (χ0v) is 20.8. The number of ether oxygens (including phenoxy) is 2. The molecule has 0 saturated carbocycles. The minimum absolute atomic E-state index is 0.353. The molecule has 0 bridgehead atoms. The number of fused-ring (bicyclic) bond motifs is 1. The molecule has 3 aromatic rings. The second-order valence-electron chi connectivity index (χ2n) is 8.09. The Morgan fingerprint density at radius 1 is 1.15 bits per heavy atom. The van der Waals surface area contributed by atoms with Crippen molar-refractivity contribution in [1.29, 1.82) is 0 Å². The van der Waals surface area contributed by atoms with Crippen molar-refractivity contribution in [2.45, 2.75) is 51.9 Å². The summed E-state index contributed by atoms with van der Waals surface area (Å²) in [6, 6.07) is 15.5. The smallest absolute Gasteiger partial charge is 0.338 e. The number of aromatic nitrogens is 3. The van der Waals surface area contributed by atoms with Crippen LogP contribution in [0.4, 0.5) is 5.95 Å². The van der Waals surface area contributed by atoms with Crippen LogP contribution in [0, 0.1) is 6.92 Å². The summed E-state index contributed by atoms with van der Waals surface area (Å²) in [6.45, 7) is 8.81. The van der Waals surface area contributed by atoms with E-state index in [4.69, 9.17) is 14.6 Å². The topological polar surface area (TPSA) is 78.3 Å². The van der Waals surface area contributed by atoms with E-state index in [-0.39, 0.29) is 5.97 Å². The average Bonchev–Trinajstić information content (AvgIpc) is 3.23. The monoisotopic (exact) mass is 478 g/mol. The number of rotatable bonds is 9. The number of hydrogen-bond acceptors (Lipinski definition) is 7. The molecule has 1 atom stereocenters. The Morgan fingerprint density at radius 2 is 1.97 bits per heavy atom. The van der Waals surface area contributed by atoms with Gasteiger partial charge in [0.1, 0.15) is 18.4 Å². The lowest BCUT2D eigenvalue weighted by atomic mass is 9.95. The summed E-state index contributed by atoms with van der Waals surface area (Å²) in [5.41, 5.74) is 4.44. The summed E-state index contributed by atoms with van der Waals surface area (Å²) >= 11 is 1.56. The van der Waals surface area contributed by atoms with Crippen molar-refractivity contribution < 1.29 is 14.3 Å². The third-order valence-electron chi connectivity index (χ3n) is 5.59. The van der Waals surface area contributed by atoms with Gasteiger partial charge in [-0.1, -0.05) is 62.0 Å². The Balaban J connectivity index is 1.69. The van der Waals surface area contributed by atoms with Gasteiger partial charge in [0.25, 0.3) is 0 Å². The molecule has 34 heavy (non-hydrogen) atoms. The molecule has 1 aromatic heterocycles. The molecule has 0 amide bonds. The fourth-order valence-corrected chi connectivity index (χ4v) is 4.43. The summed E-state index contributed by atoms with van der Waals surface area (Å²) in [6.07, 6.45) is 0.754. The molecule has 4 rings (SSSR count). The quantitative estimate of drug-likeness (QED) is 0.320. The van der Waals surface area contributed by atoms with Gasteiger partial charge in [-0.2, -0.15) is 4.98 Å². The number of thioether (sulfide) groups is 1. The van der Waals surface area contributed by atoms with Crippen molar-refractivity contribution in [1.82, 2.24) is 14.8 Å². The predicted octanol–water partition coefficient (Wildman–Crippen LogP) is 5.52. The minimum atomic E-state index is -0.471. The van der Waals surface area contributed by atoms with Crippen LogP contribution in [0.5, 0.6) is 5.75 Å². The standard InChI is InChI=1S/C26H30N4O3S/c1-5-14-32-24(31)22-18(4)27-25-28-26(34-6-2)29-30(25)23(22)19-12-9-13-21(15-19)33-16-20-11-8-7-10-17(20)3/h7-13,15,23H,5-6,14,16H2,1-4H3,(H,27,28,29). The molecule has 178 valence electrons. The Hall–Kier alpha value is -3.26. The fourth-order valence-electron chi connectivity index (χ4n) is 3.87. The van der Waals surface area contributed by atoms with Gasteiger partial charge < -0.3 is 14.8 Å². The van der Waals surface area contributed by atoms with Crippen LogP contribution >= 0.6 is 11.8 Å². The van der Waals surface area contributed by atoms with E-state index in [9.17, 15) is 4.79 Å². The Bertz CT molecular complexity index is 1200. The van der Waals surface area contributed by atoms with E-state index in [0.29, 0.717) is 35.6 Å². The second-order valence-corrected chi connectivity index (χ2v) is 9.32. The fraction of sp³-hybridized carbons (Fsp3) is 0.346. The number of hydrogen-bond donors (Lipinski definition) is 1. The third kappa shape index (κ3) is 5.12. The van der Waals surface area contributed by atoms with E-state index in [1.54, 1.807) is 16.4 Å². The van der Waals surface area contributed by atoms with Crippen molar-refractivity contribution in [2.75, 3.05) is 17.7 Å². The number of esters is 1. The normalized spacial score (nSPS) is 15.0. The summed E-state index contributed by atoms with van der Waals surface area (Å²) in [5, 5.41) is 8.61. The van der Waals surface area contributed by atoms with Gasteiger partial charge >= 0.3 is 5.97 Å². The van der Waals surface area contributed by atoms with Crippen molar-refractivity contribution in [3.63, 3.8) is 0 Å². The van der Waals surface area contributed by atoms with Crippen molar-refractivity contribution in [3.05, 3.63) is 76.5 Å². The van der Waals surface area contributed by atoms with E-state index in [2.05, 4.69) is 36.3 Å². The largest absolute Gasteiger partial charge is 0.489 e. The highest BCUT2D eigenvalue weighted by Gasteiger charge is 2.35. The summed E-state index contributed by atoms with van der Waals surface area (Å²) in [7, 11) is 0. The van der Waals surface area contributed by atoms with Gasteiger partial charge in [0.05, 0.1) is 12.2 Å². The van der Waals surface area contributed by atoms with Gasteiger partial charge in [-0.25, -0.2) is 9.48 Å². The molecule has 1 aliphatic rings. The van der Waals surface area contributed by atoms with Crippen LogP contribution in [-0.2, 0) is 16.1 Å². The van der Waals surface area contributed by atoms with Gasteiger partial charge in [-0.05, 0) is 54.8 Å². The average molecular weight is 479 g/mol. The van der Waals surface area contributed by atoms with E-state index < -0.39 is 6.04 Å². The van der Waals surface area contributed by atoms with Crippen LogP contribution in [0.1, 0.15) is 49.9 Å². The summed E-state index contributed by atoms with van der Waals surface area (Å²) in [4.78, 5) is 17.7. The number of nitrogens with zero attached hydrogens (tertiary/aromatic N) is 3. The molecule has 8 heteroatoms. The first-order valence-electron chi connectivity index (χ1n) is 11.5. The van der Waals surface area contributed by atoms with Crippen LogP contribution in [0.25, 0.3) is 0 Å². The second kappa shape index (κ2) is 10.8. The molecule has 2 aromatic carbocycles. The molecule has 1 unspecified atom stereocenters. The number of anilines is 1. The molecule has 0 radical (unpaired) electrons. The van der Waals surface area contributed by atoms with Crippen LogP contribution in [0.3, 0.4) is 0 Å². The van der Waals surface area contributed by atoms with E-state index in [0.717, 1.165) is 29.1 Å². The first-order chi connectivity index (χ1) is 16.5. The molecular weight excluding hydrogens is 448 g/mol. The van der Waals surface area contributed by atoms with Crippen molar-refractivity contribution in [2.24, 2.45) is 0 Å². The number of benzene rings is 2. The Morgan fingerprint density at radius 3 is 2.74 bits per heavy atom. The number of aryl methyl sites for hydroxylation is 1. The lowest BCUT2D eigenvalue weighted by Gasteiger charge is -2.28. The highest BCUT2D eigenvalue weighted by molar-refractivity contribution is 7.99. The van der Waals surface area contributed by atoms with Crippen LogP contribution in [0.15, 0.2) is 65.0 Å². The van der Waals surface area contributed by atoms with Gasteiger partial charge in [-0.3, -0.25) is 0 Å². The van der Waals surface area contributed by atoms with Gasteiger partial charge in [0.2, 0.25) is 11.1 Å². The molecule has 2 heterocycles. The number of nitrogens with one attached hydrogen (secondary N) is 1. The highest BCUT2D eigenvalue weighted by Crippen LogP contribution is 2.37. The van der Waals surface area contributed by atoms with Crippen molar-refractivity contribution in [3.8, 4) is 5.75 Å². The zero-order valence-electron chi connectivity index (χ0n) is 20.0. The number of allylic oxidation sites excluding steroid dienone is 1. The molecule has 0 fully saturated rings. The molecule has 0 spiro atoms. The summed E-state index contributed by atoms with van der Waals surface area (Å²) < 4.78 is 13.4. The van der Waals surface area contributed by atoms with Crippen LogP contribution in [-0.4, -0.2) is 33.1 Å². The van der Waals surface area contributed by atoms with Crippen LogP contribution in [0.2, 0.25) is 0 Å². The molecule has 1 aliphatic heterocycles. The SMILES string of the molecule is CCCOC(=O)C1=C(C)Nc2nc(SCC)nn2C1c1cccc(OCc2ccccc2C)c1.